The molecule has 3 nitrogen and oxygen atoms in total. The zero-order valence-electron chi connectivity index (χ0n) is 9.28. The van der Waals surface area contributed by atoms with Crippen LogP contribution in [-0.4, -0.2) is 31.9 Å². The van der Waals surface area contributed by atoms with E-state index in [1.807, 2.05) is 24.3 Å². The summed E-state index contributed by atoms with van der Waals surface area (Å²) in [4.78, 5) is 0. The number of hydrogen-bond donors (Lipinski definition) is 1. The molecule has 4 heteroatoms. The molecule has 0 saturated carbocycles. The number of nitrogens with one attached hydrogen (secondary N) is 1. The molecule has 2 rings (SSSR count). The molecule has 88 valence electrons. The predicted octanol–water partition coefficient (Wildman–Crippen LogP) is 2.20. The van der Waals surface area contributed by atoms with Gasteiger partial charge in [0.05, 0.1) is 6.61 Å². The summed E-state index contributed by atoms with van der Waals surface area (Å²) in [6.45, 7) is 4.32. The van der Waals surface area contributed by atoms with Crippen LogP contribution in [0.5, 0.6) is 5.75 Å². The van der Waals surface area contributed by atoms with E-state index >= 15 is 0 Å². The second-order valence-electron chi connectivity index (χ2n) is 4.03. The topological polar surface area (TPSA) is 30.5 Å². The lowest BCUT2D eigenvalue weighted by molar-refractivity contribution is -0.0165. The first-order chi connectivity index (χ1) is 7.74. The van der Waals surface area contributed by atoms with Crippen LogP contribution in [0.2, 0.25) is 0 Å². The van der Waals surface area contributed by atoms with E-state index in [4.69, 9.17) is 9.47 Å². The van der Waals surface area contributed by atoms with E-state index in [1.165, 1.54) is 0 Å². The average Bonchev–Trinajstić information content (AvgIpc) is 2.28. The highest BCUT2D eigenvalue weighted by Gasteiger charge is 2.18. The van der Waals surface area contributed by atoms with E-state index < -0.39 is 0 Å². The molecule has 0 bridgehead atoms. The maximum Gasteiger partial charge on any atom is 0.120 e. The first kappa shape index (κ1) is 11.9. The molecular weight excluding hydrogens is 270 g/mol. The van der Waals surface area contributed by atoms with Gasteiger partial charge in [-0.3, -0.25) is 0 Å². The molecule has 1 heterocycles. The molecule has 0 radical (unpaired) electrons. The molecule has 0 spiro atoms. The largest absolute Gasteiger partial charge is 0.491 e. The van der Waals surface area contributed by atoms with Gasteiger partial charge in [0.15, 0.2) is 0 Å². The molecule has 1 fully saturated rings. The molecule has 1 aliphatic rings. The summed E-state index contributed by atoms with van der Waals surface area (Å²) in [6.07, 6.45) is 0.148. The molecule has 1 aliphatic heterocycles. The highest BCUT2D eigenvalue weighted by molar-refractivity contribution is 9.10. The molecule has 2 unspecified atom stereocenters. The van der Waals surface area contributed by atoms with Crippen molar-refractivity contribution in [3.63, 3.8) is 0 Å². The number of hydrogen-bond acceptors (Lipinski definition) is 3. The number of rotatable bonds is 3. The Hall–Kier alpha value is -0.580. The van der Waals surface area contributed by atoms with Gasteiger partial charge in [0.25, 0.3) is 0 Å². The van der Waals surface area contributed by atoms with Crippen LogP contribution in [-0.2, 0) is 4.74 Å². The van der Waals surface area contributed by atoms with Crippen molar-refractivity contribution in [1.29, 1.82) is 0 Å². The van der Waals surface area contributed by atoms with E-state index in [0.717, 1.165) is 23.4 Å². The van der Waals surface area contributed by atoms with Crippen molar-refractivity contribution < 1.29 is 9.47 Å². The van der Waals surface area contributed by atoms with Crippen LogP contribution in [0.1, 0.15) is 6.92 Å². The van der Waals surface area contributed by atoms with Gasteiger partial charge in [-0.25, -0.2) is 0 Å². The summed E-state index contributed by atoms with van der Waals surface area (Å²) in [6, 6.07) is 8.29. The van der Waals surface area contributed by atoms with Gasteiger partial charge in [0, 0.05) is 17.1 Å². The fourth-order valence-corrected chi connectivity index (χ4v) is 1.96. The summed E-state index contributed by atoms with van der Waals surface area (Å²) >= 11 is 3.41. The molecule has 1 aromatic rings. The molecule has 1 N–H and O–H groups in total. The van der Waals surface area contributed by atoms with E-state index in [1.54, 1.807) is 0 Å². The smallest absolute Gasteiger partial charge is 0.120 e. The minimum absolute atomic E-state index is 0.148. The van der Waals surface area contributed by atoms with E-state index in [9.17, 15) is 0 Å². The fraction of sp³-hybridized carbons (Fsp3) is 0.500. The monoisotopic (exact) mass is 285 g/mol. The van der Waals surface area contributed by atoms with Crippen molar-refractivity contribution in [2.75, 3.05) is 19.8 Å². The Bertz CT molecular complexity index is 338. The van der Waals surface area contributed by atoms with Crippen LogP contribution in [0.3, 0.4) is 0 Å². The standard InChI is InChI=1S/C12H16BrNO2/c1-9-7-15-12(6-14-9)8-16-11-4-2-3-10(13)5-11/h2-5,9,12,14H,6-8H2,1H3. The summed E-state index contributed by atoms with van der Waals surface area (Å²) in [7, 11) is 0. The molecule has 16 heavy (non-hydrogen) atoms. The third kappa shape index (κ3) is 3.47. The second-order valence-corrected chi connectivity index (χ2v) is 4.95. The van der Waals surface area contributed by atoms with E-state index in [2.05, 4.69) is 28.2 Å². The summed E-state index contributed by atoms with van der Waals surface area (Å²) in [5.41, 5.74) is 0. The number of ether oxygens (including phenoxy) is 2. The van der Waals surface area contributed by atoms with Gasteiger partial charge in [-0.2, -0.15) is 0 Å². The van der Waals surface area contributed by atoms with Gasteiger partial charge in [-0.1, -0.05) is 22.0 Å². The minimum Gasteiger partial charge on any atom is -0.491 e. The average molecular weight is 286 g/mol. The van der Waals surface area contributed by atoms with Crippen LogP contribution in [0.4, 0.5) is 0 Å². The van der Waals surface area contributed by atoms with E-state index in [0.29, 0.717) is 12.6 Å². The first-order valence-electron chi connectivity index (χ1n) is 5.47. The Kier molecular flexibility index (Phi) is 4.21. The van der Waals surface area contributed by atoms with Crippen LogP contribution in [0, 0.1) is 0 Å². The Morgan fingerprint density at radius 2 is 2.44 bits per heavy atom. The fourth-order valence-electron chi connectivity index (χ4n) is 1.58. The highest BCUT2D eigenvalue weighted by atomic mass is 79.9. The highest BCUT2D eigenvalue weighted by Crippen LogP contribution is 2.18. The Labute approximate surface area is 104 Å². The molecular formula is C12H16BrNO2. The molecule has 2 atom stereocenters. The number of morpholine rings is 1. The van der Waals surface area contributed by atoms with Crippen LogP contribution in [0.15, 0.2) is 28.7 Å². The van der Waals surface area contributed by atoms with Gasteiger partial charge in [-0.05, 0) is 25.1 Å². The Morgan fingerprint density at radius 1 is 1.56 bits per heavy atom. The second kappa shape index (κ2) is 5.66. The molecule has 1 saturated heterocycles. The third-order valence-corrected chi connectivity index (χ3v) is 3.00. The Morgan fingerprint density at radius 3 is 3.12 bits per heavy atom. The lowest BCUT2D eigenvalue weighted by Crippen LogP contribution is -2.46. The maximum absolute atomic E-state index is 5.67. The normalized spacial score (nSPS) is 25.4. The summed E-state index contributed by atoms with van der Waals surface area (Å²) in [5.74, 6) is 0.872. The predicted molar refractivity (Wildman–Crippen MR) is 66.8 cm³/mol. The summed E-state index contributed by atoms with van der Waals surface area (Å²) in [5, 5.41) is 3.37. The van der Waals surface area contributed by atoms with Gasteiger partial charge < -0.3 is 14.8 Å². The number of halogens is 1. The van der Waals surface area contributed by atoms with Crippen molar-refractivity contribution in [1.82, 2.24) is 5.32 Å². The molecule has 0 aliphatic carbocycles. The van der Waals surface area contributed by atoms with Crippen LogP contribution >= 0.6 is 15.9 Å². The van der Waals surface area contributed by atoms with Crippen molar-refractivity contribution >= 4 is 15.9 Å². The van der Waals surface area contributed by atoms with Gasteiger partial charge in [0.2, 0.25) is 0 Å². The number of benzene rings is 1. The van der Waals surface area contributed by atoms with Crippen molar-refractivity contribution in [3.8, 4) is 5.75 Å². The van der Waals surface area contributed by atoms with Crippen molar-refractivity contribution in [3.05, 3.63) is 28.7 Å². The lowest BCUT2D eigenvalue weighted by atomic mass is 10.2. The van der Waals surface area contributed by atoms with Crippen LogP contribution in [0.25, 0.3) is 0 Å². The quantitative estimate of drug-likeness (QED) is 0.924. The zero-order chi connectivity index (χ0) is 11.4. The van der Waals surface area contributed by atoms with Gasteiger partial charge >= 0.3 is 0 Å². The van der Waals surface area contributed by atoms with Gasteiger partial charge in [0.1, 0.15) is 18.5 Å². The van der Waals surface area contributed by atoms with Crippen LogP contribution < -0.4 is 10.1 Å². The lowest BCUT2D eigenvalue weighted by Gasteiger charge is -2.28. The molecule has 1 aromatic carbocycles. The molecule has 0 amide bonds. The van der Waals surface area contributed by atoms with Gasteiger partial charge in [-0.15, -0.1) is 0 Å². The van der Waals surface area contributed by atoms with E-state index in [-0.39, 0.29) is 6.10 Å². The third-order valence-electron chi connectivity index (χ3n) is 2.51. The minimum atomic E-state index is 0.148. The SMILES string of the molecule is CC1COC(COc2cccc(Br)c2)CN1. The summed E-state index contributed by atoms with van der Waals surface area (Å²) < 4.78 is 12.3. The zero-order valence-corrected chi connectivity index (χ0v) is 10.9. The Balaban J connectivity index is 1.79. The molecule has 0 aromatic heterocycles. The maximum atomic E-state index is 5.67. The first-order valence-corrected chi connectivity index (χ1v) is 6.26. The van der Waals surface area contributed by atoms with Crippen molar-refractivity contribution in [2.24, 2.45) is 0 Å². The van der Waals surface area contributed by atoms with Crippen molar-refractivity contribution in [2.45, 2.75) is 19.1 Å².